The third kappa shape index (κ3) is 6.99. The Kier molecular flexibility index (Phi) is 8.50. The highest BCUT2D eigenvalue weighted by molar-refractivity contribution is 7.92. The average molecular weight is 449 g/mol. The van der Waals surface area contributed by atoms with E-state index in [1.165, 1.54) is 23.5 Å². The molecule has 0 fully saturated rings. The van der Waals surface area contributed by atoms with E-state index in [1.54, 1.807) is 42.5 Å². The third-order valence-electron chi connectivity index (χ3n) is 4.38. The molecule has 2 rings (SSSR count). The zero-order chi connectivity index (χ0) is 23.1. The lowest BCUT2D eigenvalue weighted by molar-refractivity contribution is 0.169. The summed E-state index contributed by atoms with van der Waals surface area (Å²) < 4.78 is 39.2. The van der Waals surface area contributed by atoms with E-state index in [9.17, 15) is 13.5 Å². The normalized spacial score (nSPS) is 12.8. The van der Waals surface area contributed by atoms with Gasteiger partial charge in [0.2, 0.25) is 0 Å². The number of aliphatic hydroxyl groups excluding tert-OH is 1. The molecule has 0 spiro atoms. The first-order chi connectivity index (χ1) is 14.6. The van der Waals surface area contributed by atoms with Crippen molar-refractivity contribution >= 4 is 15.7 Å². The maximum absolute atomic E-state index is 13.6. The van der Waals surface area contributed by atoms with Crippen molar-refractivity contribution in [2.24, 2.45) is 0 Å². The molecular weight excluding hydrogens is 416 g/mol. The molecule has 31 heavy (non-hydrogen) atoms. The fourth-order valence-corrected chi connectivity index (χ4v) is 4.33. The molecule has 7 nitrogen and oxygen atoms in total. The predicted octanol–water partition coefficient (Wildman–Crippen LogP) is 3.20. The molecular formula is C23H32N2O5S. The minimum atomic E-state index is -3.99. The van der Waals surface area contributed by atoms with E-state index >= 15 is 0 Å². The van der Waals surface area contributed by atoms with E-state index in [0.29, 0.717) is 17.2 Å². The lowest BCUT2D eigenvalue weighted by atomic mass is 10.1. The van der Waals surface area contributed by atoms with E-state index in [2.05, 4.69) is 11.9 Å². The van der Waals surface area contributed by atoms with Crippen molar-refractivity contribution < 1.29 is 23.0 Å². The second-order valence-electron chi connectivity index (χ2n) is 8.06. The van der Waals surface area contributed by atoms with Crippen molar-refractivity contribution in [2.45, 2.75) is 37.3 Å². The van der Waals surface area contributed by atoms with E-state index in [-0.39, 0.29) is 30.1 Å². The Morgan fingerprint density at radius 1 is 1.16 bits per heavy atom. The first-order valence-corrected chi connectivity index (χ1v) is 11.4. The Labute approximate surface area is 185 Å². The minimum Gasteiger partial charge on any atom is -0.497 e. The van der Waals surface area contributed by atoms with Gasteiger partial charge < -0.3 is 19.9 Å². The summed E-state index contributed by atoms with van der Waals surface area (Å²) in [5.41, 5.74) is 0.126. The van der Waals surface area contributed by atoms with Gasteiger partial charge in [0, 0.05) is 12.1 Å². The van der Waals surface area contributed by atoms with Crippen molar-refractivity contribution in [3.63, 3.8) is 0 Å². The Hall–Kier alpha value is -2.55. The molecule has 0 bridgehead atoms. The number of benzene rings is 2. The molecule has 0 amide bonds. The number of para-hydroxylation sites is 2. The highest BCUT2D eigenvalue weighted by Gasteiger charge is 2.29. The van der Waals surface area contributed by atoms with Crippen LogP contribution in [0.5, 0.6) is 11.5 Å². The first-order valence-electron chi connectivity index (χ1n) is 10.0. The number of β-amino-alcohol motifs (C(OH)–C–C–N with tert-alkyl or cyclic N) is 1. The van der Waals surface area contributed by atoms with Crippen LogP contribution in [0.15, 0.2) is 66.1 Å². The number of nitrogens with zero attached hydrogens (tertiary/aromatic N) is 1. The van der Waals surface area contributed by atoms with Crippen molar-refractivity contribution in [3.8, 4) is 11.5 Å². The molecule has 2 aromatic rings. The van der Waals surface area contributed by atoms with Gasteiger partial charge >= 0.3 is 0 Å². The number of hydrogen-bond donors (Lipinski definition) is 2. The Morgan fingerprint density at radius 3 is 2.39 bits per heavy atom. The second kappa shape index (κ2) is 10.7. The van der Waals surface area contributed by atoms with E-state index in [4.69, 9.17) is 9.47 Å². The third-order valence-corrected chi connectivity index (χ3v) is 6.18. The zero-order valence-corrected chi connectivity index (χ0v) is 19.4. The standard InChI is InChI=1S/C23H32N2O5S/c1-6-15-30-22-10-8-7-9-21(22)25(17-18(26)16-24-23(2,3)4)31(27,28)20-13-11-19(29-5)12-14-20/h6-14,18,24,26H,1,15-17H2,2-5H3. The summed E-state index contributed by atoms with van der Waals surface area (Å²) >= 11 is 0. The van der Waals surface area contributed by atoms with Gasteiger partial charge in [0.05, 0.1) is 30.3 Å². The number of nitrogens with one attached hydrogen (secondary N) is 1. The van der Waals surface area contributed by atoms with Crippen LogP contribution in [0.3, 0.4) is 0 Å². The molecule has 0 saturated heterocycles. The molecule has 1 atom stereocenters. The summed E-state index contributed by atoms with van der Waals surface area (Å²) in [6.45, 7) is 9.88. The van der Waals surface area contributed by atoms with Crippen molar-refractivity contribution in [1.29, 1.82) is 0 Å². The first kappa shape index (κ1) is 24.7. The molecule has 0 saturated carbocycles. The van der Waals surface area contributed by atoms with Gasteiger partial charge in [0.15, 0.2) is 0 Å². The van der Waals surface area contributed by atoms with Crippen molar-refractivity contribution in [2.75, 3.05) is 31.1 Å². The summed E-state index contributed by atoms with van der Waals surface area (Å²) in [4.78, 5) is 0.0859. The van der Waals surface area contributed by atoms with Crippen molar-refractivity contribution in [1.82, 2.24) is 5.32 Å². The molecule has 170 valence electrons. The molecule has 0 aliphatic carbocycles. The molecule has 0 heterocycles. The monoisotopic (exact) mass is 448 g/mol. The molecule has 8 heteroatoms. The lowest BCUT2D eigenvalue weighted by Crippen LogP contribution is -2.46. The van der Waals surface area contributed by atoms with Gasteiger partial charge in [-0.3, -0.25) is 4.31 Å². The Balaban J connectivity index is 2.45. The summed E-state index contributed by atoms with van der Waals surface area (Å²) in [7, 11) is -2.48. The van der Waals surface area contributed by atoms with Gasteiger partial charge in [-0.05, 0) is 57.2 Å². The molecule has 0 aliphatic rings. The predicted molar refractivity (Wildman–Crippen MR) is 123 cm³/mol. The summed E-state index contributed by atoms with van der Waals surface area (Å²) in [5.74, 6) is 0.935. The van der Waals surface area contributed by atoms with Crippen LogP contribution in [0.2, 0.25) is 0 Å². The van der Waals surface area contributed by atoms with E-state index in [0.717, 1.165) is 0 Å². The summed E-state index contributed by atoms with van der Waals surface area (Å²) in [5, 5.41) is 13.9. The van der Waals surface area contributed by atoms with E-state index < -0.39 is 16.1 Å². The quantitative estimate of drug-likeness (QED) is 0.513. The van der Waals surface area contributed by atoms with Gasteiger partial charge in [-0.2, -0.15) is 0 Å². The van der Waals surface area contributed by atoms with Crippen LogP contribution in [0.1, 0.15) is 20.8 Å². The summed E-state index contributed by atoms with van der Waals surface area (Å²) in [6, 6.07) is 13.0. The second-order valence-corrected chi connectivity index (χ2v) is 9.93. The molecule has 0 aromatic heterocycles. The van der Waals surface area contributed by atoms with Gasteiger partial charge in [-0.15, -0.1) is 0 Å². The average Bonchev–Trinajstić information content (AvgIpc) is 2.74. The van der Waals surface area contributed by atoms with Crippen LogP contribution in [-0.2, 0) is 10.0 Å². The number of sulfonamides is 1. The fourth-order valence-electron chi connectivity index (χ4n) is 2.81. The Bertz CT molecular complexity index is 953. The molecule has 1 unspecified atom stereocenters. The van der Waals surface area contributed by atoms with Crippen LogP contribution < -0.4 is 19.1 Å². The van der Waals surface area contributed by atoms with Crippen LogP contribution in [0.25, 0.3) is 0 Å². The number of ether oxygens (including phenoxy) is 2. The topological polar surface area (TPSA) is 88.1 Å². The molecule has 0 radical (unpaired) electrons. The largest absolute Gasteiger partial charge is 0.497 e. The fraction of sp³-hybridized carbons (Fsp3) is 0.391. The smallest absolute Gasteiger partial charge is 0.264 e. The highest BCUT2D eigenvalue weighted by atomic mass is 32.2. The molecule has 0 aliphatic heterocycles. The van der Waals surface area contributed by atoms with Gasteiger partial charge in [0.1, 0.15) is 18.1 Å². The SMILES string of the molecule is C=CCOc1ccccc1N(CC(O)CNC(C)(C)C)S(=O)(=O)c1ccc(OC)cc1. The zero-order valence-electron chi connectivity index (χ0n) is 18.5. The Morgan fingerprint density at radius 2 is 1.81 bits per heavy atom. The van der Waals surface area contributed by atoms with Crippen LogP contribution in [-0.4, -0.2) is 52.0 Å². The van der Waals surface area contributed by atoms with Gasteiger partial charge in [-0.25, -0.2) is 8.42 Å². The maximum atomic E-state index is 13.6. The molecule has 2 aromatic carbocycles. The van der Waals surface area contributed by atoms with Crippen LogP contribution >= 0.6 is 0 Å². The number of aliphatic hydroxyl groups is 1. The summed E-state index contributed by atoms with van der Waals surface area (Å²) in [6.07, 6.45) is 0.640. The van der Waals surface area contributed by atoms with E-state index in [1.807, 2.05) is 20.8 Å². The number of anilines is 1. The lowest BCUT2D eigenvalue weighted by Gasteiger charge is -2.30. The number of rotatable bonds is 11. The maximum Gasteiger partial charge on any atom is 0.264 e. The van der Waals surface area contributed by atoms with Crippen LogP contribution in [0.4, 0.5) is 5.69 Å². The van der Waals surface area contributed by atoms with Gasteiger partial charge in [0.25, 0.3) is 10.0 Å². The van der Waals surface area contributed by atoms with Crippen LogP contribution in [0, 0.1) is 0 Å². The van der Waals surface area contributed by atoms with Crippen molar-refractivity contribution in [3.05, 3.63) is 61.2 Å². The molecule has 2 N–H and O–H groups in total. The minimum absolute atomic E-state index is 0.0859. The van der Waals surface area contributed by atoms with Gasteiger partial charge in [-0.1, -0.05) is 24.8 Å². The highest BCUT2D eigenvalue weighted by Crippen LogP contribution is 2.33. The number of methoxy groups -OCH3 is 1. The number of hydrogen-bond acceptors (Lipinski definition) is 6.